The standard InChI is InChI=1S/C13H11N3O4/c14-9-2-4-10(5-3-9)20-12-6-1-8(13(15)17)7-11(12)16(18)19/h1-7H,14H2,(H2,15,17). The van der Waals surface area contributed by atoms with Gasteiger partial charge in [0, 0.05) is 17.3 Å². The maximum atomic E-state index is 11.0. The molecule has 1 amide bonds. The Morgan fingerprint density at radius 2 is 1.80 bits per heavy atom. The fourth-order valence-electron chi connectivity index (χ4n) is 1.56. The first-order chi connectivity index (χ1) is 9.47. The number of amides is 1. The summed E-state index contributed by atoms with van der Waals surface area (Å²) in [5.41, 5.74) is 10.9. The Bertz CT molecular complexity index is 668. The van der Waals surface area contributed by atoms with Crippen LogP contribution in [0.4, 0.5) is 11.4 Å². The van der Waals surface area contributed by atoms with Crippen molar-refractivity contribution in [3.05, 3.63) is 58.1 Å². The summed E-state index contributed by atoms with van der Waals surface area (Å²) in [6.45, 7) is 0. The number of nitrogens with zero attached hydrogens (tertiary/aromatic N) is 1. The molecule has 0 radical (unpaired) electrons. The maximum absolute atomic E-state index is 11.0. The van der Waals surface area contributed by atoms with Gasteiger partial charge in [-0.3, -0.25) is 14.9 Å². The van der Waals surface area contributed by atoms with Crippen molar-refractivity contribution < 1.29 is 14.5 Å². The lowest BCUT2D eigenvalue weighted by Gasteiger charge is -2.07. The van der Waals surface area contributed by atoms with Gasteiger partial charge in [-0.1, -0.05) is 0 Å². The van der Waals surface area contributed by atoms with E-state index in [2.05, 4.69) is 0 Å². The van der Waals surface area contributed by atoms with Gasteiger partial charge in [-0.15, -0.1) is 0 Å². The third kappa shape index (κ3) is 2.83. The number of benzene rings is 2. The first kappa shape index (κ1) is 13.3. The average Bonchev–Trinajstić information content (AvgIpc) is 2.41. The summed E-state index contributed by atoms with van der Waals surface area (Å²) in [4.78, 5) is 21.4. The van der Waals surface area contributed by atoms with E-state index in [9.17, 15) is 14.9 Å². The first-order valence-corrected chi connectivity index (χ1v) is 5.59. The first-order valence-electron chi connectivity index (χ1n) is 5.59. The molecule has 0 spiro atoms. The number of anilines is 1. The van der Waals surface area contributed by atoms with Crippen LogP contribution in [0.15, 0.2) is 42.5 Å². The van der Waals surface area contributed by atoms with Crippen molar-refractivity contribution in [1.82, 2.24) is 0 Å². The molecule has 2 aromatic carbocycles. The number of hydrogen-bond donors (Lipinski definition) is 2. The van der Waals surface area contributed by atoms with Gasteiger partial charge in [0.25, 0.3) is 0 Å². The highest BCUT2D eigenvalue weighted by Gasteiger charge is 2.18. The van der Waals surface area contributed by atoms with E-state index in [-0.39, 0.29) is 17.0 Å². The van der Waals surface area contributed by atoms with Crippen LogP contribution in [0.5, 0.6) is 11.5 Å². The predicted octanol–water partition coefficient (Wildman–Crippen LogP) is 2.07. The molecular weight excluding hydrogens is 262 g/mol. The maximum Gasteiger partial charge on any atom is 0.312 e. The van der Waals surface area contributed by atoms with Gasteiger partial charge >= 0.3 is 5.69 Å². The number of primary amides is 1. The molecule has 0 fully saturated rings. The summed E-state index contributed by atoms with van der Waals surface area (Å²) in [5.74, 6) is -0.328. The van der Waals surface area contributed by atoms with Crippen molar-refractivity contribution in [2.75, 3.05) is 5.73 Å². The van der Waals surface area contributed by atoms with E-state index in [4.69, 9.17) is 16.2 Å². The molecule has 0 aliphatic carbocycles. The van der Waals surface area contributed by atoms with Crippen molar-refractivity contribution >= 4 is 17.3 Å². The second-order valence-electron chi connectivity index (χ2n) is 3.97. The minimum atomic E-state index is -0.743. The van der Waals surface area contributed by atoms with Gasteiger partial charge in [0.05, 0.1) is 4.92 Å². The molecule has 2 aromatic rings. The molecule has 2 rings (SSSR count). The van der Waals surface area contributed by atoms with Gasteiger partial charge in [-0.2, -0.15) is 0 Å². The van der Waals surface area contributed by atoms with E-state index in [1.54, 1.807) is 24.3 Å². The van der Waals surface area contributed by atoms with E-state index in [1.807, 2.05) is 0 Å². The van der Waals surface area contributed by atoms with Gasteiger partial charge in [0.1, 0.15) is 5.75 Å². The highest BCUT2D eigenvalue weighted by atomic mass is 16.6. The van der Waals surface area contributed by atoms with Crippen LogP contribution in [0.25, 0.3) is 0 Å². The summed E-state index contributed by atoms with van der Waals surface area (Å²) in [6, 6.07) is 10.2. The van der Waals surface area contributed by atoms with Crippen LogP contribution in [-0.4, -0.2) is 10.8 Å². The number of hydrogen-bond acceptors (Lipinski definition) is 5. The van der Waals surface area contributed by atoms with E-state index < -0.39 is 10.8 Å². The quantitative estimate of drug-likeness (QED) is 0.501. The number of nitrogen functional groups attached to an aromatic ring is 1. The third-order valence-corrected chi connectivity index (χ3v) is 2.55. The molecule has 0 atom stereocenters. The zero-order chi connectivity index (χ0) is 14.7. The third-order valence-electron chi connectivity index (χ3n) is 2.55. The minimum absolute atomic E-state index is 0.0183. The molecule has 4 N–H and O–H groups in total. The minimum Gasteiger partial charge on any atom is -0.450 e. The predicted molar refractivity (Wildman–Crippen MR) is 72.5 cm³/mol. The molecule has 0 unspecified atom stereocenters. The Kier molecular flexibility index (Phi) is 3.52. The van der Waals surface area contributed by atoms with Crippen LogP contribution in [0, 0.1) is 10.1 Å². The smallest absolute Gasteiger partial charge is 0.312 e. The molecule has 0 aliphatic heterocycles. The second kappa shape index (κ2) is 5.27. The lowest BCUT2D eigenvalue weighted by molar-refractivity contribution is -0.385. The van der Waals surface area contributed by atoms with E-state index in [0.29, 0.717) is 11.4 Å². The number of nitro groups is 1. The van der Waals surface area contributed by atoms with E-state index in [0.717, 1.165) is 6.07 Å². The number of carbonyl (C=O) groups is 1. The van der Waals surface area contributed by atoms with Crippen LogP contribution in [-0.2, 0) is 0 Å². The van der Waals surface area contributed by atoms with Gasteiger partial charge in [-0.05, 0) is 36.4 Å². The Morgan fingerprint density at radius 1 is 1.15 bits per heavy atom. The summed E-state index contributed by atoms with van der Waals surface area (Å²) < 4.78 is 5.41. The molecule has 0 saturated heterocycles. The Labute approximate surface area is 113 Å². The molecule has 0 bridgehead atoms. The van der Waals surface area contributed by atoms with Crippen LogP contribution in [0.1, 0.15) is 10.4 Å². The zero-order valence-electron chi connectivity index (χ0n) is 10.3. The number of nitro benzene ring substituents is 1. The molecule has 0 aromatic heterocycles. The number of carbonyl (C=O) groups excluding carboxylic acids is 1. The number of nitrogens with two attached hydrogens (primary N) is 2. The van der Waals surface area contributed by atoms with Gasteiger partial charge in [0.15, 0.2) is 0 Å². The van der Waals surface area contributed by atoms with E-state index in [1.165, 1.54) is 12.1 Å². The topological polar surface area (TPSA) is 121 Å². The van der Waals surface area contributed by atoms with Gasteiger partial charge in [0.2, 0.25) is 11.7 Å². The average molecular weight is 273 g/mol. The summed E-state index contributed by atoms with van der Waals surface area (Å²) >= 11 is 0. The largest absolute Gasteiger partial charge is 0.450 e. The zero-order valence-corrected chi connectivity index (χ0v) is 10.3. The van der Waals surface area contributed by atoms with Gasteiger partial charge in [-0.25, -0.2) is 0 Å². The van der Waals surface area contributed by atoms with Crippen LogP contribution >= 0.6 is 0 Å². The molecule has 0 heterocycles. The molecule has 7 heteroatoms. The normalized spacial score (nSPS) is 10.0. The van der Waals surface area contributed by atoms with Crippen molar-refractivity contribution in [2.24, 2.45) is 5.73 Å². The highest BCUT2D eigenvalue weighted by Crippen LogP contribution is 2.32. The number of ether oxygens (including phenoxy) is 1. The lowest BCUT2D eigenvalue weighted by Crippen LogP contribution is -2.11. The van der Waals surface area contributed by atoms with Crippen molar-refractivity contribution in [2.45, 2.75) is 0 Å². The fraction of sp³-hybridized carbons (Fsp3) is 0. The lowest BCUT2D eigenvalue weighted by atomic mass is 10.2. The van der Waals surface area contributed by atoms with Crippen LogP contribution in [0.2, 0.25) is 0 Å². The Morgan fingerprint density at radius 3 is 2.35 bits per heavy atom. The molecule has 0 aliphatic rings. The van der Waals surface area contributed by atoms with Crippen LogP contribution in [0.3, 0.4) is 0 Å². The Balaban J connectivity index is 2.38. The highest BCUT2D eigenvalue weighted by molar-refractivity contribution is 5.93. The van der Waals surface area contributed by atoms with Crippen molar-refractivity contribution in [3.63, 3.8) is 0 Å². The molecular formula is C13H11N3O4. The van der Waals surface area contributed by atoms with Crippen LogP contribution < -0.4 is 16.2 Å². The molecule has 7 nitrogen and oxygen atoms in total. The van der Waals surface area contributed by atoms with Gasteiger partial charge < -0.3 is 16.2 Å². The summed E-state index contributed by atoms with van der Waals surface area (Å²) in [6.07, 6.45) is 0. The van der Waals surface area contributed by atoms with Crippen molar-refractivity contribution in [3.8, 4) is 11.5 Å². The monoisotopic (exact) mass is 273 g/mol. The molecule has 102 valence electrons. The second-order valence-corrected chi connectivity index (χ2v) is 3.97. The van der Waals surface area contributed by atoms with Crippen molar-refractivity contribution in [1.29, 1.82) is 0 Å². The fourth-order valence-corrected chi connectivity index (χ4v) is 1.56. The Hall–Kier alpha value is -3.09. The molecule has 0 saturated carbocycles. The SMILES string of the molecule is NC(=O)c1ccc(Oc2ccc(N)cc2)c([N+](=O)[O-])c1. The summed E-state index contributed by atoms with van der Waals surface area (Å²) in [5, 5.41) is 11.0. The number of rotatable bonds is 4. The van der Waals surface area contributed by atoms with E-state index >= 15 is 0 Å². The summed E-state index contributed by atoms with van der Waals surface area (Å²) in [7, 11) is 0. The molecule has 20 heavy (non-hydrogen) atoms.